The van der Waals surface area contributed by atoms with Crippen LogP contribution in [0.25, 0.3) is 0 Å². The van der Waals surface area contributed by atoms with Crippen LogP contribution >= 0.6 is 15.9 Å². The van der Waals surface area contributed by atoms with E-state index in [0.29, 0.717) is 36.0 Å². The van der Waals surface area contributed by atoms with Crippen molar-refractivity contribution < 1.29 is 18.7 Å². The Hall–Kier alpha value is -2.28. The zero-order chi connectivity index (χ0) is 23.5. The van der Waals surface area contributed by atoms with Crippen LogP contribution in [-0.4, -0.2) is 42.1 Å². The Morgan fingerprint density at radius 3 is 2.53 bits per heavy atom. The van der Waals surface area contributed by atoms with E-state index in [9.17, 15) is 9.59 Å². The fourth-order valence-corrected chi connectivity index (χ4v) is 4.29. The molecule has 3 rings (SSSR count). The highest BCUT2D eigenvalue weighted by Gasteiger charge is 2.28. The van der Waals surface area contributed by atoms with Crippen molar-refractivity contribution in [2.45, 2.75) is 53.1 Å². The molecule has 7 heteroatoms. The van der Waals surface area contributed by atoms with Gasteiger partial charge in [-0.25, -0.2) is 4.79 Å². The van der Waals surface area contributed by atoms with Crippen LogP contribution < -0.4 is 5.32 Å². The lowest BCUT2D eigenvalue weighted by Crippen LogP contribution is -2.38. The lowest BCUT2D eigenvalue weighted by molar-refractivity contribution is 0.0532. The molecule has 0 spiro atoms. The second kappa shape index (κ2) is 9.69. The summed E-state index contributed by atoms with van der Waals surface area (Å²) >= 11 is 3.25. The first-order valence-corrected chi connectivity index (χ1v) is 11.9. The Balaban J connectivity index is 1.64. The van der Waals surface area contributed by atoms with E-state index in [1.165, 1.54) is 5.57 Å². The Labute approximate surface area is 198 Å². The molecule has 0 saturated carbocycles. The number of piperidine rings is 1. The van der Waals surface area contributed by atoms with E-state index in [4.69, 9.17) is 9.15 Å². The first kappa shape index (κ1) is 24.4. The van der Waals surface area contributed by atoms with Crippen LogP contribution in [0.15, 0.2) is 56.7 Å². The molecular formula is C25H33BrN2O4. The van der Waals surface area contributed by atoms with Gasteiger partial charge in [0.1, 0.15) is 5.60 Å². The average Bonchev–Trinajstić information content (AvgIpc) is 3.06. The van der Waals surface area contributed by atoms with E-state index in [0.717, 1.165) is 18.4 Å². The van der Waals surface area contributed by atoms with E-state index >= 15 is 0 Å². The van der Waals surface area contributed by atoms with Gasteiger partial charge in [-0.2, -0.15) is 0 Å². The summed E-state index contributed by atoms with van der Waals surface area (Å²) in [5, 5.41) is 2.87. The molecule has 0 aromatic carbocycles. The number of nitrogens with one attached hydrogen (secondary N) is 1. The minimum Gasteiger partial charge on any atom is -0.444 e. The maximum absolute atomic E-state index is 12.7. The minimum absolute atomic E-state index is 0.0668. The number of rotatable bonds is 4. The largest absolute Gasteiger partial charge is 0.444 e. The molecule has 0 atom stereocenters. The van der Waals surface area contributed by atoms with Crippen LogP contribution in [0.2, 0.25) is 0 Å². The number of alkyl carbamates (subject to hydrolysis) is 1. The summed E-state index contributed by atoms with van der Waals surface area (Å²) in [6.07, 6.45) is 10.1. The molecule has 1 N–H and O–H groups in total. The summed E-state index contributed by atoms with van der Waals surface area (Å²) < 4.78 is 11.3. The van der Waals surface area contributed by atoms with Crippen molar-refractivity contribution in [3.05, 3.63) is 58.0 Å². The van der Waals surface area contributed by atoms with Gasteiger partial charge in [0.05, 0.1) is 0 Å². The highest BCUT2D eigenvalue weighted by atomic mass is 79.9. The third kappa shape index (κ3) is 6.86. The third-order valence-electron chi connectivity index (χ3n) is 5.49. The van der Waals surface area contributed by atoms with E-state index in [1.807, 2.05) is 25.7 Å². The lowest BCUT2D eigenvalue weighted by atomic mass is 9.87. The van der Waals surface area contributed by atoms with Gasteiger partial charge in [0.2, 0.25) is 0 Å². The average molecular weight is 505 g/mol. The Morgan fingerprint density at radius 1 is 1.25 bits per heavy atom. The molecule has 2 heterocycles. The van der Waals surface area contributed by atoms with Gasteiger partial charge in [0, 0.05) is 25.0 Å². The molecule has 6 nitrogen and oxygen atoms in total. The molecule has 0 radical (unpaired) electrons. The van der Waals surface area contributed by atoms with Crippen molar-refractivity contribution in [3.63, 3.8) is 0 Å². The summed E-state index contributed by atoms with van der Waals surface area (Å²) in [7, 11) is 0. The molecular weight excluding hydrogens is 472 g/mol. The van der Waals surface area contributed by atoms with E-state index in [2.05, 4.69) is 59.4 Å². The fraction of sp³-hybridized carbons (Fsp3) is 0.520. The van der Waals surface area contributed by atoms with Gasteiger partial charge in [0.15, 0.2) is 10.4 Å². The SMILES string of the molecule is CC1(C)C=CC(C2CCN(C(=O)c3ccc(Br)o3)CC2)=CC(CNC(=O)OC(C)(C)C)=C1. The molecule has 174 valence electrons. The number of carbonyl (C=O) groups excluding carboxylic acids is 2. The predicted molar refractivity (Wildman–Crippen MR) is 128 cm³/mol. The van der Waals surface area contributed by atoms with Gasteiger partial charge in [0.25, 0.3) is 5.91 Å². The normalized spacial score (nSPS) is 19.1. The van der Waals surface area contributed by atoms with E-state index in [-0.39, 0.29) is 11.3 Å². The number of hydrogen-bond acceptors (Lipinski definition) is 4. The van der Waals surface area contributed by atoms with Crippen molar-refractivity contribution in [1.29, 1.82) is 0 Å². The number of hydrogen-bond donors (Lipinski definition) is 1. The number of carbonyl (C=O) groups is 2. The van der Waals surface area contributed by atoms with Crippen LogP contribution in [0.4, 0.5) is 4.79 Å². The van der Waals surface area contributed by atoms with Crippen LogP contribution in [0.3, 0.4) is 0 Å². The Morgan fingerprint density at radius 2 is 1.94 bits per heavy atom. The topological polar surface area (TPSA) is 71.8 Å². The molecule has 0 bridgehead atoms. The van der Waals surface area contributed by atoms with Gasteiger partial charge in [-0.15, -0.1) is 0 Å². The predicted octanol–water partition coefficient (Wildman–Crippen LogP) is 5.87. The Kier molecular flexibility index (Phi) is 7.38. The molecule has 32 heavy (non-hydrogen) atoms. The molecule has 1 fully saturated rings. The smallest absolute Gasteiger partial charge is 0.407 e. The second-order valence-corrected chi connectivity index (χ2v) is 10.8. The van der Waals surface area contributed by atoms with Crippen molar-refractivity contribution in [2.24, 2.45) is 11.3 Å². The van der Waals surface area contributed by atoms with Crippen LogP contribution in [-0.2, 0) is 4.74 Å². The fourth-order valence-electron chi connectivity index (χ4n) is 3.99. The first-order valence-electron chi connectivity index (χ1n) is 11.1. The molecule has 2 aliphatic rings. The van der Waals surface area contributed by atoms with Gasteiger partial charge < -0.3 is 19.4 Å². The molecule has 1 aliphatic carbocycles. The lowest BCUT2D eigenvalue weighted by Gasteiger charge is -2.32. The number of halogens is 1. The van der Waals surface area contributed by atoms with E-state index in [1.54, 1.807) is 12.1 Å². The van der Waals surface area contributed by atoms with Gasteiger partial charge in [-0.05, 0) is 78.7 Å². The molecule has 2 amide bonds. The molecule has 1 aromatic rings. The number of furan rings is 1. The zero-order valence-electron chi connectivity index (χ0n) is 19.5. The summed E-state index contributed by atoms with van der Waals surface area (Å²) in [6.45, 7) is 11.6. The number of amides is 2. The number of allylic oxidation sites excluding steroid dienone is 4. The molecule has 1 saturated heterocycles. The van der Waals surface area contributed by atoms with Crippen molar-refractivity contribution >= 4 is 27.9 Å². The number of ether oxygens (including phenoxy) is 1. The number of nitrogens with zero attached hydrogens (tertiary/aromatic N) is 1. The Bertz CT molecular complexity index is 941. The third-order valence-corrected chi connectivity index (χ3v) is 5.91. The summed E-state index contributed by atoms with van der Waals surface area (Å²) in [5.74, 6) is 0.657. The van der Waals surface area contributed by atoms with Gasteiger partial charge in [-0.3, -0.25) is 4.79 Å². The summed E-state index contributed by atoms with van der Waals surface area (Å²) in [6, 6.07) is 3.44. The molecule has 1 aromatic heterocycles. The van der Waals surface area contributed by atoms with Crippen molar-refractivity contribution in [1.82, 2.24) is 10.2 Å². The van der Waals surface area contributed by atoms with Crippen molar-refractivity contribution in [3.8, 4) is 0 Å². The maximum atomic E-state index is 12.7. The summed E-state index contributed by atoms with van der Waals surface area (Å²) in [4.78, 5) is 26.6. The quantitative estimate of drug-likeness (QED) is 0.556. The second-order valence-electron chi connectivity index (χ2n) is 10.0. The first-order chi connectivity index (χ1) is 14.9. The highest BCUT2D eigenvalue weighted by Crippen LogP contribution is 2.33. The van der Waals surface area contributed by atoms with Gasteiger partial charge >= 0.3 is 6.09 Å². The van der Waals surface area contributed by atoms with E-state index < -0.39 is 11.7 Å². The van der Waals surface area contributed by atoms with Crippen molar-refractivity contribution in [2.75, 3.05) is 19.6 Å². The molecule has 0 unspecified atom stereocenters. The monoisotopic (exact) mass is 504 g/mol. The summed E-state index contributed by atoms with van der Waals surface area (Å²) in [5.41, 5.74) is 1.65. The van der Waals surface area contributed by atoms with Gasteiger partial charge in [-0.1, -0.05) is 38.2 Å². The number of likely N-dealkylation sites (tertiary alicyclic amines) is 1. The maximum Gasteiger partial charge on any atom is 0.407 e. The van der Waals surface area contributed by atoms with Crippen LogP contribution in [0.5, 0.6) is 0 Å². The van der Waals surface area contributed by atoms with Crippen LogP contribution in [0, 0.1) is 11.3 Å². The standard InChI is InChI=1S/C25H33BrN2O4/c1-24(2,3)32-23(30)27-16-17-14-19(8-11-25(4,5)15-17)18-9-12-28(13-10-18)22(29)20-6-7-21(26)31-20/h6-8,11,14-15,18H,9-10,12-13,16H2,1-5H3,(H,27,30). The minimum atomic E-state index is -0.527. The van der Waals surface area contributed by atoms with Crippen LogP contribution in [0.1, 0.15) is 58.0 Å². The highest BCUT2D eigenvalue weighted by molar-refractivity contribution is 9.10. The zero-order valence-corrected chi connectivity index (χ0v) is 21.1. The molecule has 1 aliphatic heterocycles.